The molecule has 38 heavy (non-hydrogen) atoms. The van der Waals surface area contributed by atoms with Gasteiger partial charge in [-0.2, -0.15) is 10.1 Å². The molecule has 5 aromatic rings. The Bertz CT molecular complexity index is 1700. The highest BCUT2D eigenvalue weighted by Crippen LogP contribution is 2.31. The summed E-state index contributed by atoms with van der Waals surface area (Å²) in [6, 6.07) is 24.0. The number of hydrogen-bond donors (Lipinski definition) is 0. The van der Waals surface area contributed by atoms with Crippen LogP contribution in [0.25, 0.3) is 10.2 Å². The molecule has 5 rings (SSSR count). The SMILES string of the molecule is CCN(c1ccccc1)S(=O)(=O)c1ccc(C(=O)N(/N=C/c2ccco2)c2nc3ccc(C)cc3s2)cc1. The molecule has 0 unspecified atom stereocenters. The van der Waals surface area contributed by atoms with Crippen LogP contribution >= 0.6 is 11.3 Å². The molecule has 0 saturated carbocycles. The number of fused-ring (bicyclic) bond motifs is 1. The zero-order valence-electron chi connectivity index (χ0n) is 20.7. The van der Waals surface area contributed by atoms with Gasteiger partial charge in [0, 0.05) is 12.1 Å². The van der Waals surface area contributed by atoms with Gasteiger partial charge in [0.1, 0.15) is 5.76 Å². The van der Waals surface area contributed by atoms with Crippen molar-refractivity contribution in [3.63, 3.8) is 0 Å². The Morgan fingerprint density at radius 2 is 1.79 bits per heavy atom. The third-order valence-corrected chi connectivity index (χ3v) is 8.68. The fourth-order valence-corrected chi connectivity index (χ4v) is 6.38. The predicted octanol–water partition coefficient (Wildman–Crippen LogP) is 6.09. The second-order valence-electron chi connectivity index (χ2n) is 8.37. The van der Waals surface area contributed by atoms with Crippen LogP contribution < -0.4 is 9.31 Å². The quantitative estimate of drug-likeness (QED) is 0.174. The van der Waals surface area contributed by atoms with E-state index < -0.39 is 15.9 Å². The number of para-hydroxylation sites is 1. The van der Waals surface area contributed by atoms with Crippen molar-refractivity contribution < 1.29 is 17.6 Å². The second-order valence-corrected chi connectivity index (χ2v) is 11.2. The highest BCUT2D eigenvalue weighted by atomic mass is 32.2. The molecule has 1 amide bonds. The van der Waals surface area contributed by atoms with Crippen molar-refractivity contribution in [1.29, 1.82) is 0 Å². The molecular formula is C28H24N4O4S2. The molecule has 2 aromatic heterocycles. The van der Waals surface area contributed by atoms with Crippen molar-refractivity contribution in [3.05, 3.63) is 108 Å². The minimum absolute atomic E-state index is 0.0841. The molecule has 0 N–H and O–H groups in total. The number of nitrogens with zero attached hydrogens (tertiary/aromatic N) is 4. The summed E-state index contributed by atoms with van der Waals surface area (Å²) in [5.74, 6) is 0.0182. The number of amides is 1. The van der Waals surface area contributed by atoms with Crippen molar-refractivity contribution in [1.82, 2.24) is 4.98 Å². The first kappa shape index (κ1) is 25.4. The van der Waals surface area contributed by atoms with E-state index in [4.69, 9.17) is 4.42 Å². The highest BCUT2D eigenvalue weighted by molar-refractivity contribution is 7.92. The number of carbonyl (C=O) groups excluding carboxylic acids is 1. The average molecular weight is 545 g/mol. The molecule has 0 aliphatic rings. The summed E-state index contributed by atoms with van der Waals surface area (Å²) < 4.78 is 34.3. The fourth-order valence-electron chi connectivity index (χ4n) is 3.88. The monoisotopic (exact) mass is 544 g/mol. The van der Waals surface area contributed by atoms with Crippen molar-refractivity contribution in [2.45, 2.75) is 18.7 Å². The lowest BCUT2D eigenvalue weighted by atomic mass is 10.2. The molecule has 192 valence electrons. The molecule has 0 saturated heterocycles. The first-order chi connectivity index (χ1) is 18.4. The lowest BCUT2D eigenvalue weighted by Gasteiger charge is -2.23. The van der Waals surface area contributed by atoms with Crippen LogP contribution in [0.3, 0.4) is 0 Å². The molecule has 0 aliphatic carbocycles. The normalized spacial score (nSPS) is 11.7. The third kappa shape index (κ3) is 5.09. The smallest absolute Gasteiger partial charge is 0.280 e. The van der Waals surface area contributed by atoms with Crippen LogP contribution in [-0.2, 0) is 10.0 Å². The number of furan rings is 1. The molecule has 2 heterocycles. The molecule has 10 heteroatoms. The number of benzene rings is 3. The standard InChI is InChI=1S/C28H24N4O4S2/c1-3-31(22-8-5-4-6-9-22)38(34,35)24-14-12-21(13-15-24)27(33)32(29-19-23-10-7-17-36-23)28-30-25-16-11-20(2)18-26(25)37-28/h4-19H,3H2,1-2H3/b29-19+. The van der Waals surface area contributed by atoms with Crippen LogP contribution in [0.2, 0.25) is 0 Å². The second kappa shape index (κ2) is 10.6. The van der Waals surface area contributed by atoms with Crippen LogP contribution in [-0.4, -0.2) is 32.1 Å². The van der Waals surface area contributed by atoms with Gasteiger partial charge in [0.25, 0.3) is 15.9 Å². The molecular weight excluding hydrogens is 520 g/mol. The lowest BCUT2D eigenvalue weighted by Crippen LogP contribution is -2.31. The van der Waals surface area contributed by atoms with E-state index >= 15 is 0 Å². The van der Waals surface area contributed by atoms with Crippen LogP contribution in [0, 0.1) is 6.92 Å². The van der Waals surface area contributed by atoms with Crippen LogP contribution in [0.1, 0.15) is 28.6 Å². The van der Waals surface area contributed by atoms with E-state index in [1.165, 1.54) is 57.4 Å². The Morgan fingerprint density at radius 1 is 1.03 bits per heavy atom. The molecule has 0 atom stereocenters. The van der Waals surface area contributed by atoms with E-state index in [1.54, 1.807) is 43.3 Å². The molecule has 3 aromatic carbocycles. The maximum atomic E-state index is 13.6. The predicted molar refractivity (Wildman–Crippen MR) is 151 cm³/mol. The first-order valence-corrected chi connectivity index (χ1v) is 14.1. The van der Waals surface area contributed by atoms with Gasteiger partial charge in [0.15, 0.2) is 0 Å². The zero-order chi connectivity index (χ0) is 26.7. The number of hydrogen-bond acceptors (Lipinski definition) is 7. The largest absolute Gasteiger partial charge is 0.463 e. The summed E-state index contributed by atoms with van der Waals surface area (Å²) in [7, 11) is -3.82. The van der Waals surface area contributed by atoms with Gasteiger partial charge in [-0.1, -0.05) is 35.6 Å². The molecule has 0 spiro atoms. The first-order valence-electron chi connectivity index (χ1n) is 11.8. The Labute approximate surface area is 224 Å². The molecule has 8 nitrogen and oxygen atoms in total. The summed E-state index contributed by atoms with van der Waals surface area (Å²) in [6.07, 6.45) is 2.95. The van der Waals surface area contributed by atoms with E-state index in [0.717, 1.165) is 15.8 Å². The number of carbonyl (C=O) groups is 1. The van der Waals surface area contributed by atoms with Gasteiger partial charge < -0.3 is 4.42 Å². The summed E-state index contributed by atoms with van der Waals surface area (Å²) in [4.78, 5) is 18.3. The number of aryl methyl sites for hydroxylation is 1. The summed E-state index contributed by atoms with van der Waals surface area (Å²) in [5, 5.41) is 5.96. The van der Waals surface area contributed by atoms with Crippen LogP contribution in [0.15, 0.2) is 106 Å². The van der Waals surface area contributed by atoms with Crippen molar-refractivity contribution >= 4 is 54.5 Å². The van der Waals surface area contributed by atoms with E-state index in [9.17, 15) is 13.2 Å². The van der Waals surface area contributed by atoms with E-state index in [1.807, 2.05) is 31.2 Å². The van der Waals surface area contributed by atoms with Gasteiger partial charge in [0.05, 0.1) is 33.3 Å². The topological polar surface area (TPSA) is 96.1 Å². The maximum absolute atomic E-state index is 13.6. The fraction of sp³-hybridized carbons (Fsp3) is 0.107. The van der Waals surface area contributed by atoms with Crippen molar-refractivity contribution in [3.8, 4) is 0 Å². The Morgan fingerprint density at radius 3 is 2.47 bits per heavy atom. The van der Waals surface area contributed by atoms with Crippen LogP contribution in [0.5, 0.6) is 0 Å². The number of sulfonamides is 1. The van der Waals surface area contributed by atoms with Crippen molar-refractivity contribution in [2.24, 2.45) is 5.10 Å². The number of aromatic nitrogens is 1. The van der Waals surface area contributed by atoms with E-state index in [-0.39, 0.29) is 17.0 Å². The third-order valence-electron chi connectivity index (χ3n) is 5.77. The Kier molecular flexibility index (Phi) is 7.08. The average Bonchev–Trinajstić information content (AvgIpc) is 3.59. The number of anilines is 2. The van der Waals surface area contributed by atoms with Gasteiger partial charge in [-0.15, -0.1) is 0 Å². The minimum atomic E-state index is -3.82. The summed E-state index contributed by atoms with van der Waals surface area (Å²) in [5.41, 5.74) is 2.67. The number of rotatable bonds is 8. The number of thiazole rings is 1. The van der Waals surface area contributed by atoms with Gasteiger partial charge in [-0.3, -0.25) is 9.10 Å². The zero-order valence-corrected chi connectivity index (χ0v) is 22.3. The van der Waals surface area contributed by atoms with Gasteiger partial charge in [0.2, 0.25) is 5.13 Å². The van der Waals surface area contributed by atoms with Crippen LogP contribution in [0.4, 0.5) is 10.8 Å². The molecule has 0 aliphatic heterocycles. The van der Waals surface area contributed by atoms with Crippen molar-refractivity contribution in [2.75, 3.05) is 15.9 Å². The molecule has 0 bridgehead atoms. The maximum Gasteiger partial charge on any atom is 0.280 e. The van der Waals surface area contributed by atoms with Gasteiger partial charge in [-0.25, -0.2) is 13.4 Å². The van der Waals surface area contributed by atoms with Gasteiger partial charge >= 0.3 is 0 Å². The van der Waals surface area contributed by atoms with E-state index in [0.29, 0.717) is 16.6 Å². The number of hydrazone groups is 1. The summed E-state index contributed by atoms with van der Waals surface area (Å²) >= 11 is 1.34. The molecule has 0 radical (unpaired) electrons. The van der Waals surface area contributed by atoms with Gasteiger partial charge in [-0.05, 0) is 80.1 Å². The Hall–Kier alpha value is -4.28. The van der Waals surface area contributed by atoms with E-state index in [2.05, 4.69) is 10.1 Å². The molecule has 0 fully saturated rings. The lowest BCUT2D eigenvalue weighted by molar-refractivity contribution is 0.0987. The highest BCUT2D eigenvalue weighted by Gasteiger charge is 2.25. The summed E-state index contributed by atoms with van der Waals surface area (Å²) in [6.45, 7) is 4.03. The Balaban J connectivity index is 1.48. The minimum Gasteiger partial charge on any atom is -0.463 e.